The quantitative estimate of drug-likeness (QED) is 0.858. The number of aromatic nitrogens is 3. The van der Waals surface area contributed by atoms with E-state index < -0.39 is 0 Å². The molecule has 1 saturated heterocycles. The molecule has 1 aliphatic rings. The summed E-state index contributed by atoms with van der Waals surface area (Å²) in [4.78, 5) is 18.5. The number of carbonyl (C=O) groups excluding carboxylic acids is 1. The van der Waals surface area contributed by atoms with Crippen molar-refractivity contribution >= 4 is 5.91 Å². The highest BCUT2D eigenvalue weighted by molar-refractivity contribution is 5.75. The minimum atomic E-state index is 0.142. The van der Waals surface area contributed by atoms with Crippen molar-refractivity contribution in [2.45, 2.75) is 58.5 Å². The van der Waals surface area contributed by atoms with Gasteiger partial charge in [0.25, 0.3) is 0 Å². The number of aryl methyl sites for hydroxylation is 2. The molecule has 0 bridgehead atoms. The smallest absolute Gasteiger partial charge is 0.220 e. The predicted molar refractivity (Wildman–Crippen MR) is 82.0 cm³/mol. The zero-order valence-corrected chi connectivity index (χ0v) is 13.4. The Balaban J connectivity index is 1.64. The van der Waals surface area contributed by atoms with E-state index in [0.717, 1.165) is 24.6 Å². The molecule has 6 heteroatoms. The van der Waals surface area contributed by atoms with Gasteiger partial charge in [-0.3, -0.25) is 4.79 Å². The summed E-state index contributed by atoms with van der Waals surface area (Å²) in [5.74, 6) is 1.81. The lowest BCUT2D eigenvalue weighted by molar-refractivity contribution is -0.121. The monoisotopic (exact) mass is 293 g/mol. The number of nitrogens with zero attached hydrogens (tertiary/aromatic N) is 4. The Kier molecular flexibility index (Phi) is 5.73. The van der Waals surface area contributed by atoms with Crippen molar-refractivity contribution in [3.05, 3.63) is 11.6 Å². The van der Waals surface area contributed by atoms with Gasteiger partial charge in [0.2, 0.25) is 5.91 Å². The van der Waals surface area contributed by atoms with Gasteiger partial charge in [0.05, 0.1) is 6.54 Å². The number of hydrogen-bond donors (Lipinski definition) is 1. The second-order valence-electron chi connectivity index (χ2n) is 5.95. The average molecular weight is 293 g/mol. The van der Waals surface area contributed by atoms with Crippen molar-refractivity contribution < 1.29 is 4.79 Å². The van der Waals surface area contributed by atoms with Crippen LogP contribution in [0, 0.1) is 13.8 Å². The Morgan fingerprint density at radius 2 is 2.19 bits per heavy atom. The van der Waals surface area contributed by atoms with Gasteiger partial charge in [-0.05, 0) is 46.7 Å². The molecular formula is C15H27N5O. The standard InChI is InChI=1S/C15H27N5O/c1-12-17-13(2)20(18-12)11-9-16-15(21)8-7-14-6-4-5-10-19(14)3/h14H,4-11H2,1-3H3,(H,16,21). The van der Waals surface area contributed by atoms with Gasteiger partial charge in [0.1, 0.15) is 11.6 Å². The summed E-state index contributed by atoms with van der Waals surface area (Å²) in [5, 5.41) is 7.26. The highest BCUT2D eigenvalue weighted by atomic mass is 16.1. The topological polar surface area (TPSA) is 63.1 Å². The number of amides is 1. The Morgan fingerprint density at radius 1 is 1.38 bits per heavy atom. The van der Waals surface area contributed by atoms with Gasteiger partial charge >= 0.3 is 0 Å². The fourth-order valence-electron chi connectivity index (χ4n) is 2.97. The van der Waals surface area contributed by atoms with Crippen LogP contribution in [0.25, 0.3) is 0 Å². The Hall–Kier alpha value is -1.43. The van der Waals surface area contributed by atoms with Crippen LogP contribution in [-0.2, 0) is 11.3 Å². The van der Waals surface area contributed by atoms with Crippen molar-refractivity contribution in [2.75, 3.05) is 20.1 Å². The maximum Gasteiger partial charge on any atom is 0.220 e. The lowest BCUT2D eigenvalue weighted by Crippen LogP contribution is -2.37. The Bertz CT molecular complexity index is 471. The molecule has 0 aromatic carbocycles. The first kappa shape index (κ1) is 15.9. The first-order valence-corrected chi connectivity index (χ1v) is 7.91. The molecule has 0 spiro atoms. The minimum Gasteiger partial charge on any atom is -0.354 e. The molecule has 1 aliphatic heterocycles. The lowest BCUT2D eigenvalue weighted by atomic mass is 9.98. The fourth-order valence-corrected chi connectivity index (χ4v) is 2.97. The van der Waals surface area contributed by atoms with Crippen LogP contribution < -0.4 is 5.32 Å². The number of piperidine rings is 1. The van der Waals surface area contributed by atoms with Crippen LogP contribution in [0.5, 0.6) is 0 Å². The van der Waals surface area contributed by atoms with E-state index in [2.05, 4.69) is 27.3 Å². The average Bonchev–Trinajstić information content (AvgIpc) is 2.76. The van der Waals surface area contributed by atoms with Gasteiger partial charge < -0.3 is 10.2 Å². The summed E-state index contributed by atoms with van der Waals surface area (Å²) < 4.78 is 1.84. The van der Waals surface area contributed by atoms with E-state index in [1.807, 2.05) is 18.5 Å². The first-order valence-electron chi connectivity index (χ1n) is 7.91. The van der Waals surface area contributed by atoms with Crippen molar-refractivity contribution in [2.24, 2.45) is 0 Å². The Labute approximate surface area is 126 Å². The third kappa shape index (κ3) is 4.81. The second-order valence-corrected chi connectivity index (χ2v) is 5.95. The molecule has 6 nitrogen and oxygen atoms in total. The van der Waals surface area contributed by atoms with E-state index in [-0.39, 0.29) is 5.91 Å². The predicted octanol–water partition coefficient (Wildman–Crippen LogP) is 1.28. The molecule has 1 aromatic rings. The van der Waals surface area contributed by atoms with Crippen molar-refractivity contribution in [3.63, 3.8) is 0 Å². The molecule has 1 N–H and O–H groups in total. The summed E-state index contributed by atoms with van der Waals surface area (Å²) in [7, 11) is 2.16. The molecule has 0 saturated carbocycles. The number of carbonyl (C=O) groups is 1. The van der Waals surface area contributed by atoms with Gasteiger partial charge in [-0.15, -0.1) is 0 Å². The first-order chi connectivity index (χ1) is 10.1. The summed E-state index contributed by atoms with van der Waals surface area (Å²) in [6.45, 7) is 6.27. The molecule has 21 heavy (non-hydrogen) atoms. The highest BCUT2D eigenvalue weighted by Crippen LogP contribution is 2.18. The molecule has 1 amide bonds. The molecule has 118 valence electrons. The molecule has 1 atom stereocenters. The maximum atomic E-state index is 11.9. The molecule has 0 radical (unpaired) electrons. The van der Waals surface area contributed by atoms with Crippen LogP contribution in [0.3, 0.4) is 0 Å². The summed E-state index contributed by atoms with van der Waals surface area (Å²) in [6, 6.07) is 0.574. The molecular weight excluding hydrogens is 266 g/mol. The molecule has 0 aliphatic carbocycles. The van der Waals surface area contributed by atoms with E-state index in [4.69, 9.17) is 0 Å². The largest absolute Gasteiger partial charge is 0.354 e. The summed E-state index contributed by atoms with van der Waals surface area (Å²) in [5.41, 5.74) is 0. The van der Waals surface area contributed by atoms with Crippen LogP contribution in [0.4, 0.5) is 0 Å². The number of likely N-dealkylation sites (tertiary alicyclic amines) is 1. The number of rotatable bonds is 6. The number of nitrogens with one attached hydrogen (secondary N) is 1. The molecule has 2 heterocycles. The van der Waals surface area contributed by atoms with Crippen molar-refractivity contribution in [3.8, 4) is 0 Å². The van der Waals surface area contributed by atoms with E-state index in [9.17, 15) is 4.79 Å². The fraction of sp³-hybridized carbons (Fsp3) is 0.800. The van der Waals surface area contributed by atoms with E-state index in [0.29, 0.717) is 25.6 Å². The van der Waals surface area contributed by atoms with Crippen molar-refractivity contribution in [1.29, 1.82) is 0 Å². The van der Waals surface area contributed by atoms with Gasteiger partial charge in [-0.1, -0.05) is 6.42 Å². The van der Waals surface area contributed by atoms with Crippen molar-refractivity contribution in [1.82, 2.24) is 25.0 Å². The zero-order chi connectivity index (χ0) is 15.2. The van der Waals surface area contributed by atoms with Crippen LogP contribution >= 0.6 is 0 Å². The van der Waals surface area contributed by atoms with Crippen LogP contribution in [0.1, 0.15) is 43.8 Å². The third-order valence-corrected chi connectivity index (χ3v) is 4.23. The van der Waals surface area contributed by atoms with Crippen LogP contribution in [0.15, 0.2) is 0 Å². The van der Waals surface area contributed by atoms with Gasteiger partial charge in [-0.2, -0.15) is 5.10 Å². The molecule has 1 fully saturated rings. The third-order valence-electron chi connectivity index (χ3n) is 4.23. The van der Waals surface area contributed by atoms with E-state index >= 15 is 0 Å². The molecule has 2 rings (SSSR count). The minimum absolute atomic E-state index is 0.142. The lowest BCUT2D eigenvalue weighted by Gasteiger charge is -2.32. The van der Waals surface area contributed by atoms with Gasteiger partial charge in [-0.25, -0.2) is 9.67 Å². The summed E-state index contributed by atoms with van der Waals surface area (Å²) in [6.07, 6.45) is 5.38. The van der Waals surface area contributed by atoms with E-state index in [1.54, 1.807) is 0 Å². The zero-order valence-electron chi connectivity index (χ0n) is 13.4. The van der Waals surface area contributed by atoms with E-state index in [1.165, 1.54) is 19.3 Å². The van der Waals surface area contributed by atoms with Crippen LogP contribution in [-0.4, -0.2) is 51.8 Å². The number of hydrogen-bond acceptors (Lipinski definition) is 4. The second kappa shape index (κ2) is 7.54. The summed E-state index contributed by atoms with van der Waals surface area (Å²) >= 11 is 0. The van der Waals surface area contributed by atoms with Gasteiger partial charge in [0.15, 0.2) is 0 Å². The Morgan fingerprint density at radius 3 is 2.86 bits per heavy atom. The molecule has 1 unspecified atom stereocenters. The highest BCUT2D eigenvalue weighted by Gasteiger charge is 2.19. The van der Waals surface area contributed by atoms with Gasteiger partial charge in [0, 0.05) is 19.0 Å². The maximum absolute atomic E-state index is 11.9. The normalized spacial score (nSPS) is 19.7. The van der Waals surface area contributed by atoms with Crippen LogP contribution in [0.2, 0.25) is 0 Å². The molecule has 1 aromatic heterocycles. The SMILES string of the molecule is Cc1nc(C)n(CCNC(=O)CCC2CCCCN2C)n1.